The summed E-state index contributed by atoms with van der Waals surface area (Å²) >= 11 is 0. The van der Waals surface area contributed by atoms with Gasteiger partial charge in [-0.3, -0.25) is 0 Å². The van der Waals surface area contributed by atoms with E-state index < -0.39 is 18.5 Å². The van der Waals surface area contributed by atoms with Crippen molar-refractivity contribution >= 4 is 18.3 Å². The van der Waals surface area contributed by atoms with Gasteiger partial charge in [-0.25, -0.2) is 0 Å². The maximum atomic E-state index is 10.3. The second-order valence-electron chi connectivity index (χ2n) is 6.43. The van der Waals surface area contributed by atoms with Crippen molar-refractivity contribution in [2.24, 2.45) is 0 Å². The van der Waals surface area contributed by atoms with Gasteiger partial charge < -0.3 is 29.7 Å². The lowest BCUT2D eigenvalue weighted by molar-refractivity contribution is -0.123. The summed E-state index contributed by atoms with van der Waals surface area (Å²) in [6.45, 7) is 6.96. The summed E-state index contributed by atoms with van der Waals surface area (Å²) < 4.78 is 5.41. The largest absolute Gasteiger partial charge is 0.631 e. The van der Waals surface area contributed by atoms with Crippen LogP contribution in [0.25, 0.3) is 11.0 Å². The number of rotatable bonds is 4. The third kappa shape index (κ3) is 5.64. The molecule has 128 valence electrons. The Labute approximate surface area is 136 Å². The van der Waals surface area contributed by atoms with E-state index in [-0.39, 0.29) is 0 Å². The zero-order valence-electron chi connectivity index (χ0n) is 13.9. The normalized spacial score (nSPS) is 14.1. The molecule has 0 amide bonds. The van der Waals surface area contributed by atoms with E-state index in [1.807, 2.05) is 19.1 Å². The van der Waals surface area contributed by atoms with Gasteiger partial charge in [0.25, 0.3) is 0 Å². The molecule has 0 aliphatic carbocycles. The van der Waals surface area contributed by atoms with Crippen LogP contribution in [0.3, 0.4) is 0 Å². The third-order valence-corrected chi connectivity index (χ3v) is 4.05. The van der Waals surface area contributed by atoms with Crippen molar-refractivity contribution in [3.8, 4) is 0 Å². The van der Waals surface area contributed by atoms with Crippen LogP contribution in [-0.4, -0.2) is 43.8 Å². The average Bonchev–Trinajstić information content (AvgIpc) is 2.76. The fourth-order valence-corrected chi connectivity index (χ4v) is 2.05. The minimum atomic E-state index is -2.17. The zero-order chi connectivity index (χ0) is 17.8. The minimum Gasteiger partial charge on any atom is -0.464 e. The minimum absolute atomic E-state index is 0.513. The zero-order valence-corrected chi connectivity index (χ0v) is 13.9. The molecule has 7 heteroatoms. The first-order chi connectivity index (χ1) is 10.4. The van der Waals surface area contributed by atoms with Crippen LogP contribution >= 0.6 is 0 Å². The van der Waals surface area contributed by atoms with Gasteiger partial charge in [-0.2, -0.15) is 0 Å². The Bertz CT molecular complexity index is 624. The molecule has 0 spiro atoms. The smallest absolute Gasteiger partial charge is 0.464 e. The van der Waals surface area contributed by atoms with E-state index in [1.54, 1.807) is 27.0 Å². The van der Waals surface area contributed by atoms with Crippen molar-refractivity contribution in [2.75, 3.05) is 0 Å². The summed E-state index contributed by atoms with van der Waals surface area (Å²) in [6, 6.07) is 6.05. The number of aliphatic hydroxyl groups is 2. The molecule has 0 fully saturated rings. The van der Waals surface area contributed by atoms with Gasteiger partial charge >= 0.3 is 7.32 Å². The summed E-state index contributed by atoms with van der Waals surface area (Å²) in [6.07, 6.45) is 2.98. The van der Waals surface area contributed by atoms with Gasteiger partial charge in [0.1, 0.15) is 5.58 Å². The molecule has 5 N–H and O–H groups in total. The summed E-state index contributed by atoms with van der Waals surface area (Å²) in [5.74, 6) is 0. The van der Waals surface area contributed by atoms with Crippen molar-refractivity contribution in [1.82, 2.24) is 0 Å². The van der Waals surface area contributed by atoms with Crippen molar-refractivity contribution in [3.05, 3.63) is 35.6 Å². The van der Waals surface area contributed by atoms with Crippen molar-refractivity contribution < 1.29 is 29.7 Å². The van der Waals surface area contributed by atoms with Gasteiger partial charge in [0, 0.05) is 5.39 Å². The maximum Gasteiger partial charge on any atom is 0.631 e. The Balaban J connectivity index is 0.000000593. The van der Waals surface area contributed by atoms with Gasteiger partial charge in [-0.05, 0) is 63.8 Å². The number of aryl methyl sites for hydroxylation is 2. The molecule has 2 aromatic rings. The van der Waals surface area contributed by atoms with E-state index in [4.69, 9.17) is 19.5 Å². The molecule has 6 nitrogen and oxygen atoms in total. The molecule has 0 aliphatic rings. The first-order valence-electron chi connectivity index (χ1n) is 7.40. The summed E-state index contributed by atoms with van der Waals surface area (Å²) in [5.41, 5.74) is 0.930. The molecule has 1 heterocycles. The maximum absolute atomic E-state index is 10.3. The molecule has 23 heavy (non-hydrogen) atoms. The number of furan rings is 1. The molecule has 1 unspecified atom stereocenters. The Hall–Kier alpha value is -1.38. The monoisotopic (exact) mass is 324 g/mol. The van der Waals surface area contributed by atoms with Crippen LogP contribution in [0.2, 0.25) is 0 Å². The molecule has 1 atom stereocenters. The second kappa shape index (κ2) is 7.46. The first-order valence-corrected chi connectivity index (χ1v) is 7.40. The molecule has 1 aromatic carbocycles. The predicted octanol–water partition coefficient (Wildman–Crippen LogP) is 1.14. The third-order valence-electron chi connectivity index (χ3n) is 4.05. The summed E-state index contributed by atoms with van der Waals surface area (Å²) in [4.78, 5) is 0. The lowest BCUT2D eigenvalue weighted by Crippen LogP contribution is -2.47. The van der Waals surface area contributed by atoms with Crippen LogP contribution in [-0.2, 0) is 6.42 Å². The molecule has 0 bridgehead atoms. The lowest BCUT2D eigenvalue weighted by Gasteiger charge is -2.35. The van der Waals surface area contributed by atoms with Gasteiger partial charge in [0.05, 0.1) is 17.5 Å². The van der Waals surface area contributed by atoms with Gasteiger partial charge in [-0.15, -0.1) is 0 Å². The Morgan fingerprint density at radius 1 is 1.09 bits per heavy atom. The number of hydrogen-bond donors (Lipinski definition) is 5. The predicted molar refractivity (Wildman–Crippen MR) is 88.6 cm³/mol. The van der Waals surface area contributed by atoms with Crippen LogP contribution in [0, 0.1) is 6.92 Å². The highest BCUT2D eigenvalue weighted by Crippen LogP contribution is 2.28. The number of fused-ring (bicyclic) bond motifs is 1. The number of benzene rings is 1. The van der Waals surface area contributed by atoms with Crippen molar-refractivity contribution in [2.45, 2.75) is 51.7 Å². The van der Waals surface area contributed by atoms with E-state index in [0.717, 1.165) is 28.5 Å². The van der Waals surface area contributed by atoms with E-state index in [2.05, 4.69) is 6.07 Å². The highest BCUT2D eigenvalue weighted by molar-refractivity contribution is 6.30. The van der Waals surface area contributed by atoms with E-state index >= 15 is 0 Å². The van der Waals surface area contributed by atoms with Crippen molar-refractivity contribution in [3.63, 3.8) is 0 Å². The Kier molecular flexibility index (Phi) is 6.38. The highest BCUT2D eigenvalue weighted by Gasteiger charge is 2.36. The van der Waals surface area contributed by atoms with Crippen LogP contribution in [0.15, 0.2) is 28.9 Å². The van der Waals surface area contributed by atoms with Crippen LogP contribution in [0.1, 0.15) is 38.3 Å². The van der Waals surface area contributed by atoms with Crippen LogP contribution in [0.4, 0.5) is 0 Å². The van der Waals surface area contributed by atoms with Gasteiger partial charge in [0.15, 0.2) is 0 Å². The average molecular weight is 324 g/mol. The number of hydrogen-bond acceptors (Lipinski definition) is 6. The fraction of sp³-hybridized carbons (Fsp3) is 0.500. The summed E-state index contributed by atoms with van der Waals surface area (Å²) in [5, 5.41) is 42.8. The Morgan fingerprint density at radius 2 is 1.65 bits per heavy atom. The molecular weight excluding hydrogens is 299 g/mol. The molecule has 2 rings (SSSR count). The fourth-order valence-electron chi connectivity index (χ4n) is 2.05. The molecule has 0 saturated heterocycles. The highest BCUT2D eigenvalue weighted by atomic mass is 16.5. The van der Waals surface area contributed by atoms with Crippen molar-refractivity contribution in [1.29, 1.82) is 0 Å². The van der Waals surface area contributed by atoms with E-state index in [9.17, 15) is 10.2 Å². The molecular formula is C16H25BO6. The molecule has 0 saturated carbocycles. The van der Waals surface area contributed by atoms with E-state index in [0.29, 0.717) is 6.42 Å². The topological polar surface area (TPSA) is 114 Å². The SMILES string of the molecule is Cc1coc2ccc(CCC(C)(O)C(C)(C)O)cc12.OB(O)O. The Morgan fingerprint density at radius 3 is 2.17 bits per heavy atom. The summed E-state index contributed by atoms with van der Waals surface area (Å²) in [7, 11) is -2.17. The standard InChI is InChI=1S/C16H22O3.BH3O3/c1-11-10-19-14-6-5-12(9-13(11)14)7-8-16(4,18)15(2,3)17;2-1(3)4/h5-6,9-10,17-18H,7-8H2,1-4H3;2-4H. The molecule has 0 radical (unpaired) electrons. The lowest BCUT2D eigenvalue weighted by atomic mass is 9.83. The van der Waals surface area contributed by atoms with E-state index in [1.165, 1.54) is 0 Å². The van der Waals surface area contributed by atoms with Gasteiger partial charge in [-0.1, -0.05) is 6.07 Å². The molecule has 0 aliphatic heterocycles. The first kappa shape index (κ1) is 19.7. The quantitative estimate of drug-likeness (QED) is 0.539. The van der Waals surface area contributed by atoms with Gasteiger partial charge in [0.2, 0.25) is 0 Å². The van der Waals surface area contributed by atoms with Crippen LogP contribution in [0.5, 0.6) is 0 Å². The molecule has 1 aromatic heterocycles. The second-order valence-corrected chi connectivity index (χ2v) is 6.43. The van der Waals surface area contributed by atoms with Crippen LogP contribution < -0.4 is 0 Å².